The van der Waals surface area contributed by atoms with Crippen molar-refractivity contribution in [3.8, 4) is 0 Å². The van der Waals surface area contributed by atoms with E-state index in [9.17, 15) is 0 Å². The van der Waals surface area contributed by atoms with Crippen molar-refractivity contribution in [1.82, 2.24) is 5.32 Å². The first-order valence-corrected chi connectivity index (χ1v) is 7.31. The number of thioether (sulfide) groups is 1. The van der Waals surface area contributed by atoms with Crippen molar-refractivity contribution >= 4 is 11.8 Å². The van der Waals surface area contributed by atoms with Crippen LogP contribution in [0.3, 0.4) is 0 Å². The van der Waals surface area contributed by atoms with Crippen LogP contribution in [0, 0.1) is 0 Å². The van der Waals surface area contributed by atoms with Gasteiger partial charge in [0.25, 0.3) is 0 Å². The van der Waals surface area contributed by atoms with Gasteiger partial charge in [-0.1, -0.05) is 39.8 Å². The molecule has 0 heterocycles. The van der Waals surface area contributed by atoms with Gasteiger partial charge in [-0.3, -0.25) is 0 Å². The zero-order valence-corrected chi connectivity index (χ0v) is 12.5. The van der Waals surface area contributed by atoms with Gasteiger partial charge in [-0.15, -0.1) is 11.8 Å². The molecule has 2 heteroatoms. The fourth-order valence-corrected chi connectivity index (χ4v) is 2.87. The van der Waals surface area contributed by atoms with Gasteiger partial charge in [-0.2, -0.15) is 0 Å². The van der Waals surface area contributed by atoms with Crippen molar-refractivity contribution in [1.29, 1.82) is 0 Å². The molecule has 0 saturated carbocycles. The van der Waals surface area contributed by atoms with Crippen LogP contribution in [0.4, 0.5) is 0 Å². The minimum absolute atomic E-state index is 0.246. The van der Waals surface area contributed by atoms with Gasteiger partial charge in [0, 0.05) is 22.1 Å². The Morgan fingerprint density at radius 3 is 2.24 bits per heavy atom. The maximum atomic E-state index is 3.30. The molecule has 0 aromatic heterocycles. The van der Waals surface area contributed by atoms with Gasteiger partial charge in [0.2, 0.25) is 0 Å². The van der Waals surface area contributed by atoms with E-state index in [1.807, 2.05) is 18.8 Å². The molecule has 0 aliphatic carbocycles. The fraction of sp³-hybridized carbons (Fsp3) is 0.600. The molecule has 0 radical (unpaired) electrons. The van der Waals surface area contributed by atoms with E-state index in [-0.39, 0.29) is 5.41 Å². The fourth-order valence-electron chi connectivity index (χ4n) is 2.03. The number of nitrogens with one attached hydrogen (secondary N) is 1. The Balaban J connectivity index is 2.85. The first-order chi connectivity index (χ1) is 8.01. The first-order valence-electron chi connectivity index (χ1n) is 6.43. The number of hydrogen-bond acceptors (Lipinski definition) is 2. The molecular formula is C15H25NS. The molecule has 1 unspecified atom stereocenters. The van der Waals surface area contributed by atoms with Crippen molar-refractivity contribution in [2.24, 2.45) is 0 Å². The van der Waals surface area contributed by atoms with E-state index in [1.54, 1.807) is 0 Å². The van der Waals surface area contributed by atoms with Gasteiger partial charge < -0.3 is 5.32 Å². The summed E-state index contributed by atoms with van der Waals surface area (Å²) in [5.41, 5.74) is 1.68. The lowest BCUT2D eigenvalue weighted by Gasteiger charge is -2.28. The van der Waals surface area contributed by atoms with E-state index in [0.29, 0.717) is 5.25 Å². The highest BCUT2D eigenvalue weighted by Gasteiger charge is 2.23. The Morgan fingerprint density at radius 1 is 1.24 bits per heavy atom. The standard InChI is InChI=1S/C15H25NS/c1-6-15(4,11-16-5)13-7-9-14(10-8-13)17-12(2)3/h7-10,12,16H,6,11H2,1-5H3. The Hall–Kier alpha value is -0.470. The molecule has 1 N–H and O–H groups in total. The van der Waals surface area contributed by atoms with Gasteiger partial charge in [0.1, 0.15) is 0 Å². The zero-order chi connectivity index (χ0) is 12.9. The van der Waals surface area contributed by atoms with Gasteiger partial charge in [-0.25, -0.2) is 0 Å². The third-order valence-corrected chi connectivity index (χ3v) is 4.29. The van der Waals surface area contributed by atoms with Gasteiger partial charge >= 0.3 is 0 Å². The highest BCUT2D eigenvalue weighted by molar-refractivity contribution is 7.99. The largest absolute Gasteiger partial charge is 0.319 e. The van der Waals surface area contributed by atoms with Crippen LogP contribution in [0.2, 0.25) is 0 Å². The van der Waals surface area contributed by atoms with Crippen LogP contribution in [-0.4, -0.2) is 18.8 Å². The number of rotatable bonds is 6. The lowest BCUT2D eigenvalue weighted by molar-refractivity contribution is 0.433. The third kappa shape index (κ3) is 4.04. The Kier molecular flexibility index (Phi) is 5.54. The monoisotopic (exact) mass is 251 g/mol. The lowest BCUT2D eigenvalue weighted by atomic mass is 9.80. The third-order valence-electron chi connectivity index (χ3n) is 3.27. The number of benzene rings is 1. The summed E-state index contributed by atoms with van der Waals surface area (Å²) in [5, 5.41) is 3.95. The van der Waals surface area contributed by atoms with Crippen LogP contribution in [0.15, 0.2) is 29.2 Å². The molecule has 0 bridgehead atoms. The summed E-state index contributed by atoms with van der Waals surface area (Å²) in [5.74, 6) is 0. The molecule has 0 fully saturated rings. The summed E-state index contributed by atoms with van der Waals surface area (Å²) in [6.45, 7) is 10.1. The van der Waals surface area contributed by atoms with E-state index in [4.69, 9.17) is 0 Å². The average Bonchev–Trinajstić information content (AvgIpc) is 2.29. The van der Waals surface area contributed by atoms with Gasteiger partial charge in [0.05, 0.1) is 0 Å². The summed E-state index contributed by atoms with van der Waals surface area (Å²) < 4.78 is 0. The van der Waals surface area contributed by atoms with Crippen LogP contribution in [-0.2, 0) is 5.41 Å². The molecule has 17 heavy (non-hydrogen) atoms. The van der Waals surface area contributed by atoms with Gasteiger partial charge in [0.15, 0.2) is 0 Å². The maximum Gasteiger partial charge on any atom is 0.00747 e. The van der Waals surface area contributed by atoms with E-state index < -0.39 is 0 Å². The van der Waals surface area contributed by atoms with E-state index in [1.165, 1.54) is 10.5 Å². The molecular weight excluding hydrogens is 226 g/mol. The number of likely N-dealkylation sites (N-methyl/N-ethyl adjacent to an activating group) is 1. The summed E-state index contributed by atoms with van der Waals surface area (Å²) >= 11 is 1.92. The second-order valence-corrected chi connectivity index (χ2v) is 6.79. The van der Waals surface area contributed by atoms with Crippen molar-refractivity contribution in [3.05, 3.63) is 29.8 Å². The second kappa shape index (κ2) is 6.46. The van der Waals surface area contributed by atoms with Crippen LogP contribution in [0.1, 0.15) is 39.7 Å². The normalized spacial score (nSPS) is 14.9. The summed E-state index contributed by atoms with van der Waals surface area (Å²) in [6, 6.07) is 9.07. The molecule has 0 saturated heterocycles. The minimum Gasteiger partial charge on any atom is -0.319 e. The second-order valence-electron chi connectivity index (χ2n) is 5.14. The minimum atomic E-state index is 0.246. The molecule has 0 amide bonds. The highest BCUT2D eigenvalue weighted by atomic mass is 32.2. The van der Waals surface area contributed by atoms with Gasteiger partial charge in [-0.05, 0) is 31.2 Å². The topological polar surface area (TPSA) is 12.0 Å². The van der Waals surface area contributed by atoms with Crippen molar-refractivity contribution < 1.29 is 0 Å². The van der Waals surface area contributed by atoms with E-state index in [2.05, 4.69) is 57.3 Å². The predicted octanol–water partition coefficient (Wildman–Crippen LogP) is 4.07. The average molecular weight is 251 g/mol. The Morgan fingerprint density at radius 2 is 1.82 bits per heavy atom. The lowest BCUT2D eigenvalue weighted by Crippen LogP contribution is -2.33. The quantitative estimate of drug-likeness (QED) is 0.765. The Labute approximate surface area is 110 Å². The molecule has 1 aromatic rings. The molecule has 96 valence electrons. The van der Waals surface area contributed by atoms with E-state index >= 15 is 0 Å². The molecule has 1 atom stereocenters. The summed E-state index contributed by atoms with van der Waals surface area (Å²) in [6.07, 6.45) is 1.16. The van der Waals surface area contributed by atoms with Crippen LogP contribution >= 0.6 is 11.8 Å². The summed E-state index contributed by atoms with van der Waals surface area (Å²) in [7, 11) is 2.02. The van der Waals surface area contributed by atoms with Crippen LogP contribution < -0.4 is 5.32 Å². The molecule has 1 rings (SSSR count). The highest BCUT2D eigenvalue weighted by Crippen LogP contribution is 2.30. The van der Waals surface area contributed by atoms with E-state index in [0.717, 1.165) is 13.0 Å². The molecule has 1 nitrogen and oxygen atoms in total. The molecule has 0 aliphatic heterocycles. The molecule has 1 aromatic carbocycles. The zero-order valence-electron chi connectivity index (χ0n) is 11.7. The van der Waals surface area contributed by atoms with Crippen molar-refractivity contribution in [2.45, 2.75) is 49.7 Å². The molecule has 0 aliphatic rings. The van der Waals surface area contributed by atoms with Crippen molar-refractivity contribution in [2.75, 3.05) is 13.6 Å². The first kappa shape index (κ1) is 14.6. The molecule has 0 spiro atoms. The summed E-state index contributed by atoms with van der Waals surface area (Å²) in [4.78, 5) is 1.37. The smallest absolute Gasteiger partial charge is 0.00747 e. The SMILES string of the molecule is CCC(C)(CNC)c1ccc(SC(C)C)cc1. The number of hydrogen-bond donors (Lipinski definition) is 1. The van der Waals surface area contributed by atoms with Crippen molar-refractivity contribution in [3.63, 3.8) is 0 Å². The maximum absolute atomic E-state index is 3.30. The van der Waals surface area contributed by atoms with Crippen LogP contribution in [0.25, 0.3) is 0 Å². The Bertz CT molecular complexity index is 331. The van der Waals surface area contributed by atoms with Crippen LogP contribution in [0.5, 0.6) is 0 Å². The predicted molar refractivity (Wildman–Crippen MR) is 79.0 cm³/mol.